The monoisotopic (exact) mass is 313 g/mol. The highest BCUT2D eigenvalue weighted by atomic mass is 32.1. The van der Waals surface area contributed by atoms with Crippen LogP contribution in [0.4, 0.5) is 0 Å². The Hall–Kier alpha value is -1.98. The highest BCUT2D eigenvalue weighted by Crippen LogP contribution is 2.23. The van der Waals surface area contributed by atoms with Crippen LogP contribution in [-0.2, 0) is 13.6 Å². The van der Waals surface area contributed by atoms with Crippen molar-refractivity contribution < 1.29 is 0 Å². The number of hydrogen-bond acceptors (Lipinski definition) is 4. The smallest absolute Gasteiger partial charge is 0.302 e. The molecule has 22 heavy (non-hydrogen) atoms. The third kappa shape index (κ3) is 2.82. The first kappa shape index (κ1) is 14.9. The summed E-state index contributed by atoms with van der Waals surface area (Å²) < 4.78 is 2.75. The minimum Gasteiger partial charge on any atom is -0.302 e. The van der Waals surface area contributed by atoms with Gasteiger partial charge in [0.2, 0.25) is 0 Å². The fraction of sp³-hybridized carbons (Fsp3) is 0.294. The summed E-state index contributed by atoms with van der Waals surface area (Å²) in [4.78, 5) is 18.3. The lowest BCUT2D eigenvalue weighted by Crippen LogP contribution is -2.21. The summed E-state index contributed by atoms with van der Waals surface area (Å²) in [6.07, 6.45) is 3.70. The Morgan fingerprint density at radius 1 is 1.36 bits per heavy atom. The van der Waals surface area contributed by atoms with E-state index >= 15 is 0 Å². The van der Waals surface area contributed by atoms with Gasteiger partial charge in [0.15, 0.2) is 0 Å². The second-order valence-electron chi connectivity index (χ2n) is 5.61. The molecule has 5 heteroatoms. The van der Waals surface area contributed by atoms with Gasteiger partial charge in [-0.3, -0.25) is 14.7 Å². The molecular formula is C17H19N3OS. The summed E-state index contributed by atoms with van der Waals surface area (Å²) in [5, 5.41) is 0. The first-order chi connectivity index (χ1) is 10.6. The molecule has 3 aromatic rings. The molecule has 0 saturated carbocycles. The topological polar surface area (TPSA) is 38.1 Å². The number of rotatable bonds is 4. The molecule has 1 aromatic carbocycles. The summed E-state index contributed by atoms with van der Waals surface area (Å²) in [6.45, 7) is 3.01. The van der Waals surface area contributed by atoms with E-state index in [2.05, 4.69) is 42.1 Å². The largest absolute Gasteiger partial charge is 0.307 e. The van der Waals surface area contributed by atoms with Crippen molar-refractivity contribution in [1.29, 1.82) is 0 Å². The van der Waals surface area contributed by atoms with E-state index in [4.69, 9.17) is 0 Å². The first-order valence-electron chi connectivity index (χ1n) is 7.25. The van der Waals surface area contributed by atoms with Gasteiger partial charge in [0, 0.05) is 32.0 Å². The van der Waals surface area contributed by atoms with Crippen molar-refractivity contribution in [3.05, 3.63) is 63.5 Å². The van der Waals surface area contributed by atoms with Crippen molar-refractivity contribution in [3.8, 4) is 0 Å². The zero-order valence-corrected chi connectivity index (χ0v) is 13.8. The van der Waals surface area contributed by atoms with Crippen molar-refractivity contribution in [2.45, 2.75) is 19.5 Å². The summed E-state index contributed by atoms with van der Waals surface area (Å²) in [7, 11) is 3.92. The Bertz CT molecular complexity index is 838. The minimum absolute atomic E-state index is 0.0873. The van der Waals surface area contributed by atoms with Gasteiger partial charge in [0.05, 0.1) is 10.2 Å². The Kier molecular flexibility index (Phi) is 4.09. The molecule has 114 valence electrons. The van der Waals surface area contributed by atoms with Gasteiger partial charge in [-0.1, -0.05) is 23.5 Å². The molecule has 0 aliphatic rings. The van der Waals surface area contributed by atoms with Crippen LogP contribution in [0.3, 0.4) is 0 Å². The fourth-order valence-electron chi connectivity index (χ4n) is 2.58. The van der Waals surface area contributed by atoms with Crippen LogP contribution < -0.4 is 4.87 Å². The summed E-state index contributed by atoms with van der Waals surface area (Å²) >= 11 is 1.30. The lowest BCUT2D eigenvalue weighted by molar-refractivity contribution is 0.253. The number of nitrogens with zero attached hydrogens (tertiary/aromatic N) is 3. The zero-order valence-electron chi connectivity index (χ0n) is 13.0. The van der Waals surface area contributed by atoms with E-state index in [-0.39, 0.29) is 4.87 Å². The molecule has 0 spiro atoms. The van der Waals surface area contributed by atoms with Crippen LogP contribution in [0, 0.1) is 0 Å². The van der Waals surface area contributed by atoms with E-state index in [1.54, 1.807) is 10.8 Å². The van der Waals surface area contributed by atoms with Crippen LogP contribution >= 0.6 is 11.3 Å². The normalized spacial score (nSPS) is 12.9. The van der Waals surface area contributed by atoms with E-state index < -0.39 is 0 Å². The molecule has 2 heterocycles. The molecule has 0 bridgehead atoms. The second-order valence-corrected chi connectivity index (χ2v) is 6.60. The number of hydrogen-bond donors (Lipinski definition) is 0. The zero-order chi connectivity index (χ0) is 15.7. The highest BCUT2D eigenvalue weighted by Gasteiger charge is 2.13. The van der Waals surface area contributed by atoms with E-state index in [0.29, 0.717) is 6.04 Å². The van der Waals surface area contributed by atoms with Gasteiger partial charge in [0.1, 0.15) is 0 Å². The molecule has 1 atom stereocenters. The van der Waals surface area contributed by atoms with Crippen LogP contribution in [0.2, 0.25) is 0 Å². The molecule has 0 aliphatic carbocycles. The Morgan fingerprint density at radius 3 is 2.91 bits per heavy atom. The predicted octanol–water partition coefficient (Wildman–Crippen LogP) is 3.19. The minimum atomic E-state index is 0.0873. The number of fused-ring (bicyclic) bond motifs is 1. The summed E-state index contributed by atoms with van der Waals surface area (Å²) in [5.74, 6) is 0. The van der Waals surface area contributed by atoms with Crippen LogP contribution in [0.15, 0.2) is 47.5 Å². The maximum absolute atomic E-state index is 11.7. The molecular weight excluding hydrogens is 294 g/mol. The van der Waals surface area contributed by atoms with Crippen molar-refractivity contribution in [1.82, 2.24) is 14.5 Å². The number of pyridine rings is 1. The van der Waals surface area contributed by atoms with Gasteiger partial charge in [-0.15, -0.1) is 0 Å². The van der Waals surface area contributed by atoms with Crippen molar-refractivity contribution in [3.63, 3.8) is 0 Å². The second kappa shape index (κ2) is 6.02. The molecule has 0 unspecified atom stereocenters. The molecule has 2 aromatic heterocycles. The third-order valence-electron chi connectivity index (χ3n) is 4.12. The highest BCUT2D eigenvalue weighted by molar-refractivity contribution is 7.16. The van der Waals surface area contributed by atoms with Gasteiger partial charge in [-0.2, -0.15) is 0 Å². The molecule has 0 radical (unpaired) electrons. The van der Waals surface area contributed by atoms with Gasteiger partial charge in [-0.25, -0.2) is 0 Å². The predicted molar refractivity (Wildman–Crippen MR) is 91.2 cm³/mol. The van der Waals surface area contributed by atoms with Gasteiger partial charge >= 0.3 is 4.87 Å². The van der Waals surface area contributed by atoms with E-state index in [0.717, 1.165) is 16.8 Å². The standard InChI is InChI=1S/C17H19N3OS/c1-12(14-5-4-8-18-10-14)19(2)11-13-6-7-15-16(9-13)22-17(21)20(15)3/h4-10,12H,11H2,1-3H3/t12-/m1/s1. The summed E-state index contributed by atoms with van der Waals surface area (Å²) in [5.41, 5.74) is 3.42. The van der Waals surface area contributed by atoms with Crippen molar-refractivity contribution >= 4 is 21.6 Å². The molecule has 0 fully saturated rings. The SMILES string of the molecule is C[C@H](c1cccnc1)N(C)Cc1ccc2c(c1)sc(=O)n2C. The van der Waals surface area contributed by atoms with Crippen LogP contribution in [0.1, 0.15) is 24.1 Å². The average molecular weight is 313 g/mol. The Labute approximate surface area is 133 Å². The Balaban J connectivity index is 1.82. The Morgan fingerprint density at radius 2 is 2.18 bits per heavy atom. The van der Waals surface area contributed by atoms with Gasteiger partial charge < -0.3 is 4.57 Å². The molecule has 3 rings (SSSR count). The number of benzene rings is 1. The summed E-state index contributed by atoms with van der Waals surface area (Å²) in [6, 6.07) is 10.6. The van der Waals surface area contributed by atoms with Crippen LogP contribution in [0.5, 0.6) is 0 Å². The quantitative estimate of drug-likeness (QED) is 0.742. The van der Waals surface area contributed by atoms with Gasteiger partial charge in [0.25, 0.3) is 0 Å². The molecule has 0 saturated heterocycles. The average Bonchev–Trinajstić information content (AvgIpc) is 2.81. The van der Waals surface area contributed by atoms with Crippen LogP contribution in [-0.4, -0.2) is 21.5 Å². The van der Waals surface area contributed by atoms with E-state index in [1.165, 1.54) is 22.5 Å². The van der Waals surface area contributed by atoms with Crippen molar-refractivity contribution in [2.75, 3.05) is 7.05 Å². The van der Waals surface area contributed by atoms with Crippen LogP contribution in [0.25, 0.3) is 10.2 Å². The lowest BCUT2D eigenvalue weighted by atomic mass is 10.1. The third-order valence-corrected chi connectivity index (χ3v) is 5.11. The first-order valence-corrected chi connectivity index (χ1v) is 8.06. The van der Waals surface area contributed by atoms with Gasteiger partial charge in [-0.05, 0) is 43.3 Å². The molecule has 4 nitrogen and oxygen atoms in total. The number of aromatic nitrogens is 2. The lowest BCUT2D eigenvalue weighted by Gasteiger charge is -2.24. The maximum atomic E-state index is 11.7. The molecule has 0 aliphatic heterocycles. The number of aryl methyl sites for hydroxylation is 1. The number of thiazole rings is 1. The fourth-order valence-corrected chi connectivity index (χ4v) is 3.52. The molecule has 0 amide bonds. The molecule has 0 N–H and O–H groups in total. The van der Waals surface area contributed by atoms with Crippen molar-refractivity contribution in [2.24, 2.45) is 7.05 Å². The maximum Gasteiger partial charge on any atom is 0.307 e. The van der Waals surface area contributed by atoms with E-state index in [1.807, 2.05) is 25.4 Å². The van der Waals surface area contributed by atoms with E-state index in [9.17, 15) is 4.79 Å².